The zero-order chi connectivity index (χ0) is 17.8. The Morgan fingerprint density at radius 1 is 1.16 bits per heavy atom. The standard InChI is InChI=1S/C19H19NO5/c1-24-18(22)17(10-21)20-19(23)25-11-13-6-4-8-15-14-7-3-2-5-12(14)9-16(13)15/h2-8,17,21H,9-11H2,1H3,(H,20,23)/t17-/m0/s1. The number of ether oxygens (including phenoxy) is 2. The molecule has 6 heteroatoms. The van der Waals surface area contributed by atoms with Crippen molar-refractivity contribution in [3.8, 4) is 11.1 Å². The van der Waals surface area contributed by atoms with Crippen LogP contribution in [0.5, 0.6) is 0 Å². The molecule has 0 unspecified atom stereocenters. The third-order valence-electron chi connectivity index (χ3n) is 4.27. The number of benzene rings is 2. The summed E-state index contributed by atoms with van der Waals surface area (Å²) in [7, 11) is 1.18. The van der Waals surface area contributed by atoms with Crippen LogP contribution < -0.4 is 5.32 Å². The van der Waals surface area contributed by atoms with Crippen molar-refractivity contribution in [3.63, 3.8) is 0 Å². The van der Waals surface area contributed by atoms with Crippen LogP contribution in [0.1, 0.15) is 16.7 Å². The molecule has 25 heavy (non-hydrogen) atoms. The molecule has 0 aromatic heterocycles. The number of amides is 1. The molecule has 0 fully saturated rings. The molecule has 1 aliphatic carbocycles. The van der Waals surface area contributed by atoms with Gasteiger partial charge in [0.1, 0.15) is 6.61 Å². The average Bonchev–Trinajstić information content (AvgIpc) is 3.03. The Bertz CT molecular complexity index is 802. The van der Waals surface area contributed by atoms with Crippen molar-refractivity contribution >= 4 is 12.1 Å². The lowest BCUT2D eigenvalue weighted by molar-refractivity contribution is -0.144. The molecule has 0 heterocycles. The van der Waals surface area contributed by atoms with Crippen LogP contribution in [0.2, 0.25) is 0 Å². The number of hydrogen-bond acceptors (Lipinski definition) is 5. The first-order chi connectivity index (χ1) is 12.1. The number of rotatable bonds is 5. The normalized spacial score (nSPS) is 12.7. The number of esters is 1. The van der Waals surface area contributed by atoms with Gasteiger partial charge < -0.3 is 19.9 Å². The van der Waals surface area contributed by atoms with Crippen LogP contribution in [0.25, 0.3) is 11.1 Å². The van der Waals surface area contributed by atoms with Gasteiger partial charge in [0.25, 0.3) is 0 Å². The highest BCUT2D eigenvalue weighted by Gasteiger charge is 2.23. The van der Waals surface area contributed by atoms with Gasteiger partial charge in [-0.1, -0.05) is 42.5 Å². The van der Waals surface area contributed by atoms with E-state index >= 15 is 0 Å². The first kappa shape index (κ1) is 17.0. The van der Waals surface area contributed by atoms with E-state index in [0.29, 0.717) is 0 Å². The van der Waals surface area contributed by atoms with E-state index in [0.717, 1.165) is 23.1 Å². The molecule has 0 bridgehead atoms. The fraction of sp³-hybridized carbons (Fsp3) is 0.263. The summed E-state index contributed by atoms with van der Waals surface area (Å²) in [5.41, 5.74) is 5.67. The predicted octanol–water partition coefficient (Wildman–Crippen LogP) is 2.02. The Hall–Kier alpha value is -2.86. The number of aliphatic hydroxyl groups is 1. The monoisotopic (exact) mass is 341 g/mol. The molecule has 3 rings (SSSR count). The Kier molecular flexibility index (Phi) is 5.00. The molecule has 0 saturated carbocycles. The van der Waals surface area contributed by atoms with Gasteiger partial charge in [0.2, 0.25) is 0 Å². The van der Waals surface area contributed by atoms with E-state index in [1.165, 1.54) is 18.2 Å². The highest BCUT2D eigenvalue weighted by molar-refractivity contribution is 5.81. The molecule has 0 aliphatic heterocycles. The molecule has 1 aliphatic rings. The van der Waals surface area contributed by atoms with Crippen LogP contribution in [0.3, 0.4) is 0 Å². The van der Waals surface area contributed by atoms with Crippen molar-refractivity contribution < 1.29 is 24.2 Å². The summed E-state index contributed by atoms with van der Waals surface area (Å²) >= 11 is 0. The summed E-state index contributed by atoms with van der Waals surface area (Å²) in [4.78, 5) is 23.3. The van der Waals surface area contributed by atoms with E-state index in [1.807, 2.05) is 24.3 Å². The largest absolute Gasteiger partial charge is 0.467 e. The molecule has 2 aromatic rings. The molecule has 1 amide bonds. The summed E-state index contributed by atoms with van der Waals surface area (Å²) < 4.78 is 9.70. The number of carbonyl (C=O) groups excluding carboxylic acids is 2. The molecule has 130 valence electrons. The zero-order valence-corrected chi connectivity index (χ0v) is 13.8. The fourth-order valence-electron chi connectivity index (χ4n) is 3.01. The second-order valence-electron chi connectivity index (χ2n) is 5.76. The Morgan fingerprint density at radius 3 is 2.68 bits per heavy atom. The molecule has 2 N–H and O–H groups in total. The Balaban J connectivity index is 1.67. The number of alkyl carbamates (subject to hydrolysis) is 1. The third kappa shape index (κ3) is 3.49. The highest BCUT2D eigenvalue weighted by Crippen LogP contribution is 2.38. The molecular weight excluding hydrogens is 322 g/mol. The van der Waals surface area contributed by atoms with Gasteiger partial charge in [-0.05, 0) is 34.2 Å². The van der Waals surface area contributed by atoms with Crippen molar-refractivity contribution in [1.82, 2.24) is 5.32 Å². The maximum absolute atomic E-state index is 11.9. The molecule has 0 radical (unpaired) electrons. The number of carbonyl (C=O) groups is 2. The number of fused-ring (bicyclic) bond motifs is 3. The summed E-state index contributed by atoms with van der Waals surface area (Å²) in [6, 6.07) is 13.0. The molecule has 1 atom stereocenters. The van der Waals surface area contributed by atoms with Gasteiger partial charge >= 0.3 is 12.1 Å². The SMILES string of the molecule is COC(=O)[C@H](CO)NC(=O)OCc1cccc2c1Cc1ccccc1-2. The van der Waals surface area contributed by atoms with Crippen LogP contribution in [-0.4, -0.2) is 36.9 Å². The number of hydrogen-bond donors (Lipinski definition) is 2. The minimum absolute atomic E-state index is 0.0856. The first-order valence-corrected chi connectivity index (χ1v) is 7.95. The van der Waals surface area contributed by atoms with Gasteiger partial charge in [0, 0.05) is 0 Å². The lowest BCUT2D eigenvalue weighted by Crippen LogP contribution is -2.44. The molecular formula is C19H19NO5. The van der Waals surface area contributed by atoms with E-state index in [9.17, 15) is 9.59 Å². The molecule has 6 nitrogen and oxygen atoms in total. The zero-order valence-electron chi connectivity index (χ0n) is 13.8. The van der Waals surface area contributed by atoms with Gasteiger partial charge in [-0.3, -0.25) is 0 Å². The molecule has 0 saturated heterocycles. The Morgan fingerprint density at radius 2 is 1.92 bits per heavy atom. The van der Waals surface area contributed by atoms with Crippen LogP contribution >= 0.6 is 0 Å². The quantitative estimate of drug-likeness (QED) is 0.694. The highest BCUT2D eigenvalue weighted by atomic mass is 16.6. The van der Waals surface area contributed by atoms with Crippen LogP contribution in [0.4, 0.5) is 4.79 Å². The van der Waals surface area contributed by atoms with Crippen molar-refractivity contribution in [3.05, 3.63) is 59.2 Å². The number of nitrogens with one attached hydrogen (secondary N) is 1. The molecule has 0 spiro atoms. The summed E-state index contributed by atoms with van der Waals surface area (Å²) in [6.07, 6.45) is 0.0197. The van der Waals surface area contributed by atoms with Gasteiger partial charge in [0.05, 0.1) is 13.7 Å². The fourth-order valence-corrected chi connectivity index (χ4v) is 3.01. The van der Waals surface area contributed by atoms with E-state index in [2.05, 4.69) is 28.3 Å². The summed E-state index contributed by atoms with van der Waals surface area (Å²) in [5.74, 6) is -0.726. The lowest BCUT2D eigenvalue weighted by Gasteiger charge is -2.14. The second-order valence-corrected chi connectivity index (χ2v) is 5.76. The van der Waals surface area contributed by atoms with Crippen LogP contribution in [0.15, 0.2) is 42.5 Å². The van der Waals surface area contributed by atoms with Gasteiger partial charge in [-0.15, -0.1) is 0 Å². The second kappa shape index (κ2) is 7.36. The van der Waals surface area contributed by atoms with Gasteiger partial charge in [0.15, 0.2) is 6.04 Å². The first-order valence-electron chi connectivity index (χ1n) is 7.95. The predicted molar refractivity (Wildman–Crippen MR) is 90.9 cm³/mol. The minimum atomic E-state index is -1.14. The van der Waals surface area contributed by atoms with E-state index in [1.54, 1.807) is 0 Å². The number of methoxy groups -OCH3 is 1. The summed E-state index contributed by atoms with van der Waals surface area (Å²) in [5, 5.41) is 11.4. The maximum atomic E-state index is 11.9. The Labute approximate surface area is 145 Å². The minimum Gasteiger partial charge on any atom is -0.467 e. The summed E-state index contributed by atoms with van der Waals surface area (Å²) in [6.45, 7) is -0.472. The van der Waals surface area contributed by atoms with Crippen molar-refractivity contribution in [2.24, 2.45) is 0 Å². The van der Waals surface area contributed by atoms with Crippen molar-refractivity contribution in [2.45, 2.75) is 19.1 Å². The van der Waals surface area contributed by atoms with E-state index in [4.69, 9.17) is 9.84 Å². The lowest BCUT2D eigenvalue weighted by atomic mass is 10.0. The van der Waals surface area contributed by atoms with Crippen molar-refractivity contribution in [1.29, 1.82) is 0 Å². The number of aliphatic hydroxyl groups excluding tert-OH is 1. The maximum Gasteiger partial charge on any atom is 0.408 e. The van der Waals surface area contributed by atoms with Crippen LogP contribution in [0, 0.1) is 0 Å². The van der Waals surface area contributed by atoms with Gasteiger partial charge in [-0.2, -0.15) is 0 Å². The van der Waals surface area contributed by atoms with E-state index < -0.39 is 24.7 Å². The van der Waals surface area contributed by atoms with Crippen molar-refractivity contribution in [2.75, 3.05) is 13.7 Å². The third-order valence-corrected chi connectivity index (χ3v) is 4.27. The van der Waals surface area contributed by atoms with Gasteiger partial charge in [-0.25, -0.2) is 9.59 Å². The van der Waals surface area contributed by atoms with E-state index in [-0.39, 0.29) is 6.61 Å². The topological polar surface area (TPSA) is 84.9 Å². The smallest absolute Gasteiger partial charge is 0.408 e. The average molecular weight is 341 g/mol. The van der Waals surface area contributed by atoms with Crippen LogP contribution in [-0.2, 0) is 27.3 Å². The molecule has 2 aromatic carbocycles.